The predicted octanol–water partition coefficient (Wildman–Crippen LogP) is 5.19. The summed E-state index contributed by atoms with van der Waals surface area (Å²) < 4.78 is 10.9. The van der Waals surface area contributed by atoms with Crippen LogP contribution in [-0.2, 0) is 4.79 Å². The minimum Gasteiger partial charge on any atom is -0.427 e. The van der Waals surface area contributed by atoms with Crippen LogP contribution in [0.5, 0.6) is 5.75 Å². The third kappa shape index (κ3) is 3.37. The third-order valence-corrected chi connectivity index (χ3v) is 4.72. The highest BCUT2D eigenvalue weighted by Gasteiger charge is 2.18. The van der Waals surface area contributed by atoms with Gasteiger partial charge >= 0.3 is 11.6 Å². The van der Waals surface area contributed by atoms with Crippen molar-refractivity contribution in [2.24, 2.45) is 0 Å². The molecule has 1 heterocycles. The van der Waals surface area contributed by atoms with Crippen molar-refractivity contribution in [3.63, 3.8) is 0 Å². The van der Waals surface area contributed by atoms with E-state index in [1.54, 1.807) is 18.2 Å². The molecule has 5 heteroatoms. The Labute approximate surface area is 166 Å². The number of hydrogen-bond donors (Lipinski definition) is 0. The van der Waals surface area contributed by atoms with Crippen molar-refractivity contribution in [2.75, 3.05) is 0 Å². The lowest BCUT2D eigenvalue weighted by molar-refractivity contribution is -0.134. The zero-order valence-corrected chi connectivity index (χ0v) is 15.8. The second-order valence-electron chi connectivity index (χ2n) is 6.67. The second kappa shape index (κ2) is 7.61. The molecule has 0 atom stereocenters. The van der Waals surface area contributed by atoms with E-state index >= 15 is 0 Å². The Hall–Kier alpha value is -3.91. The number of ether oxygens (including phenoxy) is 1. The first-order valence-corrected chi connectivity index (χ1v) is 9.32. The summed E-state index contributed by atoms with van der Waals surface area (Å²) in [6.45, 7) is 1.91. The van der Waals surface area contributed by atoms with E-state index in [0.29, 0.717) is 40.5 Å². The standard InChI is InChI=1S/C24H17NO4/c1-2-6-21(26)28-17-10-12-18-16(13-17)9-11-19-22(15-7-4-3-5-8-15)20(14-25)24(27)29-23(18)19/h3-5,7-13H,2,6H2,1H3. The molecule has 1 aromatic heterocycles. The zero-order chi connectivity index (χ0) is 20.4. The maximum atomic E-state index is 12.5. The average molecular weight is 383 g/mol. The van der Waals surface area contributed by atoms with Crippen LogP contribution in [-0.4, -0.2) is 5.97 Å². The molecule has 5 nitrogen and oxygen atoms in total. The normalized spacial score (nSPS) is 10.8. The van der Waals surface area contributed by atoms with E-state index in [1.807, 2.05) is 55.5 Å². The average Bonchev–Trinajstić information content (AvgIpc) is 2.73. The van der Waals surface area contributed by atoms with Gasteiger partial charge in [0.1, 0.15) is 23.0 Å². The topological polar surface area (TPSA) is 80.3 Å². The van der Waals surface area contributed by atoms with E-state index in [0.717, 1.165) is 10.9 Å². The minimum atomic E-state index is -0.676. The van der Waals surface area contributed by atoms with Gasteiger partial charge in [-0.2, -0.15) is 5.26 Å². The first-order valence-electron chi connectivity index (χ1n) is 9.32. The molecule has 3 aromatic carbocycles. The summed E-state index contributed by atoms with van der Waals surface area (Å²) in [5, 5.41) is 11.7. The van der Waals surface area contributed by atoms with Gasteiger partial charge in [-0.25, -0.2) is 4.79 Å². The van der Waals surface area contributed by atoms with Gasteiger partial charge in [0, 0.05) is 22.8 Å². The smallest absolute Gasteiger partial charge is 0.354 e. The molecule has 0 fully saturated rings. The van der Waals surface area contributed by atoms with Gasteiger partial charge in [-0.05, 0) is 41.6 Å². The molecular formula is C24H17NO4. The number of esters is 1. The molecule has 0 N–H and O–H groups in total. The van der Waals surface area contributed by atoms with Gasteiger partial charge in [0.15, 0.2) is 0 Å². The zero-order valence-electron chi connectivity index (χ0n) is 15.8. The molecule has 0 bridgehead atoms. The number of nitrogens with zero attached hydrogens (tertiary/aromatic N) is 1. The van der Waals surface area contributed by atoms with Gasteiger partial charge < -0.3 is 9.15 Å². The molecule has 0 aliphatic rings. The molecule has 0 radical (unpaired) electrons. The summed E-state index contributed by atoms with van der Waals surface area (Å²) in [7, 11) is 0. The van der Waals surface area contributed by atoms with Crippen LogP contribution in [0.2, 0.25) is 0 Å². The Morgan fingerprint density at radius 3 is 2.55 bits per heavy atom. The van der Waals surface area contributed by atoms with Crippen LogP contribution in [0.4, 0.5) is 0 Å². The quantitative estimate of drug-likeness (QED) is 0.210. The highest BCUT2D eigenvalue weighted by molar-refractivity contribution is 6.10. The first kappa shape index (κ1) is 18.5. The molecule has 4 rings (SSSR count). The van der Waals surface area contributed by atoms with Crippen LogP contribution < -0.4 is 10.4 Å². The molecule has 0 saturated carbocycles. The van der Waals surface area contributed by atoms with Gasteiger partial charge in [-0.15, -0.1) is 0 Å². The maximum Gasteiger partial charge on any atom is 0.354 e. The van der Waals surface area contributed by atoms with Gasteiger partial charge in [-0.1, -0.05) is 43.3 Å². The van der Waals surface area contributed by atoms with E-state index in [2.05, 4.69) is 0 Å². The Balaban J connectivity index is 1.96. The summed E-state index contributed by atoms with van der Waals surface area (Å²) in [5.74, 6) is 0.152. The van der Waals surface area contributed by atoms with Crippen LogP contribution in [0.25, 0.3) is 32.9 Å². The van der Waals surface area contributed by atoms with E-state index in [9.17, 15) is 14.9 Å². The molecule has 0 aliphatic carbocycles. The van der Waals surface area contributed by atoms with Gasteiger partial charge in [0.05, 0.1) is 0 Å². The summed E-state index contributed by atoms with van der Waals surface area (Å²) in [6.07, 6.45) is 1.06. The Morgan fingerprint density at radius 1 is 1.07 bits per heavy atom. The lowest BCUT2D eigenvalue weighted by Crippen LogP contribution is -2.07. The summed E-state index contributed by atoms with van der Waals surface area (Å²) in [6, 6.07) is 20.1. The summed E-state index contributed by atoms with van der Waals surface area (Å²) in [5.41, 5.74) is 1.03. The number of carbonyl (C=O) groups is 1. The first-order chi connectivity index (χ1) is 14.1. The molecular weight excluding hydrogens is 366 g/mol. The van der Waals surface area contributed by atoms with E-state index in [4.69, 9.17) is 9.15 Å². The van der Waals surface area contributed by atoms with Crippen molar-refractivity contribution in [2.45, 2.75) is 19.8 Å². The van der Waals surface area contributed by atoms with Crippen molar-refractivity contribution in [1.82, 2.24) is 0 Å². The van der Waals surface area contributed by atoms with E-state index in [-0.39, 0.29) is 11.5 Å². The second-order valence-corrected chi connectivity index (χ2v) is 6.67. The van der Waals surface area contributed by atoms with Crippen LogP contribution in [0.3, 0.4) is 0 Å². The SMILES string of the molecule is CCCC(=O)Oc1ccc2c(ccc3c(-c4ccccc4)c(C#N)c(=O)oc32)c1. The lowest BCUT2D eigenvalue weighted by atomic mass is 9.95. The van der Waals surface area contributed by atoms with Crippen molar-refractivity contribution in [3.8, 4) is 22.9 Å². The molecule has 0 saturated heterocycles. The maximum absolute atomic E-state index is 12.5. The highest BCUT2D eigenvalue weighted by atomic mass is 16.5. The number of rotatable bonds is 4. The number of nitriles is 1. The van der Waals surface area contributed by atoms with Crippen molar-refractivity contribution >= 4 is 27.7 Å². The number of carbonyl (C=O) groups excluding carboxylic acids is 1. The van der Waals surface area contributed by atoms with Crippen molar-refractivity contribution in [3.05, 3.63) is 76.6 Å². The van der Waals surface area contributed by atoms with Crippen LogP contribution >= 0.6 is 0 Å². The molecule has 0 amide bonds. The van der Waals surface area contributed by atoms with E-state index in [1.165, 1.54) is 0 Å². The van der Waals surface area contributed by atoms with Gasteiger partial charge in [-0.3, -0.25) is 4.79 Å². The van der Waals surface area contributed by atoms with Crippen LogP contribution in [0, 0.1) is 11.3 Å². The predicted molar refractivity (Wildman–Crippen MR) is 111 cm³/mol. The number of hydrogen-bond acceptors (Lipinski definition) is 5. The minimum absolute atomic E-state index is 0.0202. The van der Waals surface area contributed by atoms with Gasteiger partial charge in [0.25, 0.3) is 0 Å². The molecule has 0 unspecified atom stereocenters. The fraction of sp³-hybridized carbons (Fsp3) is 0.125. The monoisotopic (exact) mass is 383 g/mol. The fourth-order valence-electron chi connectivity index (χ4n) is 3.42. The Bertz CT molecular complexity index is 1330. The van der Waals surface area contributed by atoms with Crippen molar-refractivity contribution in [1.29, 1.82) is 5.26 Å². The fourth-order valence-corrected chi connectivity index (χ4v) is 3.42. The van der Waals surface area contributed by atoms with Crippen LogP contribution in [0.1, 0.15) is 25.3 Å². The number of benzene rings is 3. The van der Waals surface area contributed by atoms with Gasteiger partial charge in [0.2, 0.25) is 0 Å². The Morgan fingerprint density at radius 2 is 1.83 bits per heavy atom. The highest BCUT2D eigenvalue weighted by Crippen LogP contribution is 2.35. The van der Waals surface area contributed by atoms with Crippen molar-refractivity contribution < 1.29 is 13.9 Å². The summed E-state index contributed by atoms with van der Waals surface area (Å²) in [4.78, 5) is 24.3. The number of fused-ring (bicyclic) bond motifs is 3. The molecule has 0 spiro atoms. The van der Waals surface area contributed by atoms with Crippen LogP contribution in [0.15, 0.2) is 69.9 Å². The third-order valence-electron chi connectivity index (χ3n) is 4.72. The molecule has 4 aromatic rings. The van der Waals surface area contributed by atoms with E-state index < -0.39 is 5.63 Å². The Kier molecular flexibility index (Phi) is 4.84. The summed E-state index contributed by atoms with van der Waals surface area (Å²) >= 11 is 0. The lowest BCUT2D eigenvalue weighted by Gasteiger charge is -2.11. The largest absolute Gasteiger partial charge is 0.427 e. The molecule has 29 heavy (non-hydrogen) atoms. The molecule has 142 valence electrons. The molecule has 0 aliphatic heterocycles.